The molecule has 5 fully saturated rings. The molecule has 5 atom stereocenters. The van der Waals surface area contributed by atoms with Crippen LogP contribution < -0.4 is 0 Å². The van der Waals surface area contributed by atoms with E-state index < -0.39 is 17.7 Å². The Bertz CT molecular complexity index is 723. The number of nitrogens with zero attached hydrogens (tertiary/aromatic N) is 3. The van der Waals surface area contributed by atoms with Gasteiger partial charge < -0.3 is 24.6 Å². The summed E-state index contributed by atoms with van der Waals surface area (Å²) in [6, 6.07) is 1.72. The molecule has 0 aromatic rings. The molecule has 5 aliphatic rings. The molecule has 4 unspecified atom stereocenters. The van der Waals surface area contributed by atoms with Gasteiger partial charge in [0.25, 0.3) is 0 Å². The van der Waals surface area contributed by atoms with Gasteiger partial charge in [-0.15, -0.1) is 0 Å². The topological polar surface area (TPSA) is 123 Å². The Kier molecular flexibility index (Phi) is 6.42. The zero-order valence-electron chi connectivity index (χ0n) is 18.0. The summed E-state index contributed by atoms with van der Waals surface area (Å²) in [7, 11) is 0. The number of likely N-dealkylation sites (tertiary alicyclic amines) is 1. The highest BCUT2D eigenvalue weighted by atomic mass is 16.5. The number of rotatable bonds is 9. The van der Waals surface area contributed by atoms with E-state index in [-0.39, 0.29) is 31.3 Å². The third-order valence-electron chi connectivity index (χ3n) is 7.67. The summed E-state index contributed by atoms with van der Waals surface area (Å²) in [5.41, 5.74) is -0.953. The van der Waals surface area contributed by atoms with Crippen LogP contribution in [0.15, 0.2) is 0 Å². The second-order valence-corrected chi connectivity index (χ2v) is 9.80. The smallest absolute Gasteiger partial charge is 0.408 e. The maximum atomic E-state index is 13.0. The lowest BCUT2D eigenvalue weighted by atomic mass is 9.50. The maximum absolute atomic E-state index is 13.0. The molecule has 9 heteroatoms. The SMILES string of the molecule is N#CC1CCCN1C(=O)CN(C(=O)O)C12CC3C[C@H](CC(OCCOCCO)(C3)C1)C2. The highest BCUT2D eigenvalue weighted by molar-refractivity contribution is 5.83. The van der Waals surface area contributed by atoms with Crippen LogP contribution in [0.2, 0.25) is 0 Å². The van der Waals surface area contributed by atoms with Gasteiger partial charge in [0.1, 0.15) is 12.6 Å². The van der Waals surface area contributed by atoms with Crippen molar-refractivity contribution in [3.8, 4) is 6.07 Å². The highest BCUT2D eigenvalue weighted by Crippen LogP contribution is 2.60. The Morgan fingerprint density at radius 1 is 1.16 bits per heavy atom. The van der Waals surface area contributed by atoms with Gasteiger partial charge in [-0.25, -0.2) is 4.79 Å². The van der Waals surface area contributed by atoms with E-state index in [0.29, 0.717) is 44.4 Å². The largest absolute Gasteiger partial charge is 0.465 e. The van der Waals surface area contributed by atoms with Crippen LogP contribution >= 0.6 is 0 Å². The lowest BCUT2D eigenvalue weighted by Gasteiger charge is -2.63. The summed E-state index contributed by atoms with van der Waals surface area (Å²) >= 11 is 0. The van der Waals surface area contributed by atoms with Crippen LogP contribution in [-0.2, 0) is 14.3 Å². The van der Waals surface area contributed by atoms with E-state index in [2.05, 4.69) is 6.07 Å². The van der Waals surface area contributed by atoms with Gasteiger partial charge in [-0.3, -0.25) is 9.69 Å². The predicted octanol–water partition coefficient (Wildman–Crippen LogP) is 1.60. The molecule has 4 saturated carbocycles. The van der Waals surface area contributed by atoms with Crippen LogP contribution in [-0.4, -0.2) is 88.7 Å². The number of carbonyl (C=O) groups excluding carboxylic acids is 1. The average molecular weight is 436 g/mol. The van der Waals surface area contributed by atoms with Gasteiger partial charge in [-0.05, 0) is 63.2 Å². The molecule has 4 bridgehead atoms. The number of aliphatic hydroxyl groups excluding tert-OH is 1. The molecule has 172 valence electrons. The van der Waals surface area contributed by atoms with E-state index in [0.717, 1.165) is 38.5 Å². The van der Waals surface area contributed by atoms with E-state index in [1.165, 1.54) is 4.90 Å². The van der Waals surface area contributed by atoms with E-state index >= 15 is 0 Å². The minimum Gasteiger partial charge on any atom is -0.465 e. The van der Waals surface area contributed by atoms with Crippen molar-refractivity contribution >= 4 is 12.0 Å². The van der Waals surface area contributed by atoms with Crippen molar-refractivity contribution < 1.29 is 29.3 Å². The number of carboxylic acid groups (broad SMARTS) is 1. The fraction of sp³-hybridized carbons (Fsp3) is 0.864. The van der Waals surface area contributed by atoms with Crippen molar-refractivity contribution in [3.05, 3.63) is 0 Å². The van der Waals surface area contributed by atoms with Crippen LogP contribution in [0, 0.1) is 23.2 Å². The third-order valence-corrected chi connectivity index (χ3v) is 7.67. The first kappa shape index (κ1) is 22.3. The molecule has 2 amide bonds. The first-order chi connectivity index (χ1) is 14.9. The number of aliphatic hydroxyl groups is 1. The van der Waals surface area contributed by atoms with Gasteiger partial charge in [0.2, 0.25) is 5.91 Å². The molecule has 4 aliphatic carbocycles. The van der Waals surface area contributed by atoms with Crippen LogP contribution in [0.1, 0.15) is 51.4 Å². The van der Waals surface area contributed by atoms with E-state index in [1.807, 2.05) is 0 Å². The van der Waals surface area contributed by atoms with E-state index in [4.69, 9.17) is 14.6 Å². The summed E-state index contributed by atoms with van der Waals surface area (Å²) < 4.78 is 11.6. The van der Waals surface area contributed by atoms with Gasteiger partial charge >= 0.3 is 6.09 Å². The average Bonchev–Trinajstić information content (AvgIpc) is 3.19. The monoisotopic (exact) mass is 435 g/mol. The number of hydrogen-bond donors (Lipinski definition) is 2. The van der Waals surface area contributed by atoms with Crippen molar-refractivity contribution in [2.75, 3.05) is 39.5 Å². The Balaban J connectivity index is 1.48. The fourth-order valence-corrected chi connectivity index (χ4v) is 6.96. The van der Waals surface area contributed by atoms with Crippen LogP contribution in [0.3, 0.4) is 0 Å². The van der Waals surface area contributed by atoms with Crippen LogP contribution in [0.25, 0.3) is 0 Å². The first-order valence-electron chi connectivity index (χ1n) is 11.4. The number of ether oxygens (including phenoxy) is 2. The number of amides is 2. The molecule has 0 aromatic heterocycles. The highest BCUT2D eigenvalue weighted by Gasteiger charge is 2.61. The third kappa shape index (κ3) is 4.38. The molecule has 0 radical (unpaired) electrons. The molecule has 1 saturated heterocycles. The summed E-state index contributed by atoms with van der Waals surface area (Å²) in [6.45, 7) is 1.39. The van der Waals surface area contributed by atoms with Gasteiger partial charge in [0, 0.05) is 6.54 Å². The van der Waals surface area contributed by atoms with E-state index in [1.54, 1.807) is 4.90 Å². The van der Waals surface area contributed by atoms with Crippen LogP contribution in [0.4, 0.5) is 4.79 Å². The second-order valence-electron chi connectivity index (χ2n) is 9.80. The summed E-state index contributed by atoms with van der Waals surface area (Å²) in [5.74, 6) is 0.528. The Morgan fingerprint density at radius 2 is 1.90 bits per heavy atom. The quantitative estimate of drug-likeness (QED) is 0.527. The van der Waals surface area contributed by atoms with Crippen molar-refractivity contribution in [1.82, 2.24) is 9.80 Å². The van der Waals surface area contributed by atoms with Crippen molar-refractivity contribution in [3.63, 3.8) is 0 Å². The van der Waals surface area contributed by atoms with Crippen molar-refractivity contribution in [1.29, 1.82) is 5.26 Å². The van der Waals surface area contributed by atoms with Gasteiger partial charge in [0.05, 0.1) is 43.6 Å². The minimum atomic E-state index is -1.07. The van der Waals surface area contributed by atoms with Gasteiger partial charge in [-0.2, -0.15) is 5.26 Å². The summed E-state index contributed by atoms with van der Waals surface area (Å²) in [5, 5.41) is 28.3. The summed E-state index contributed by atoms with van der Waals surface area (Å²) in [6.07, 6.45) is 5.47. The fourth-order valence-electron chi connectivity index (χ4n) is 6.96. The lowest BCUT2D eigenvalue weighted by molar-refractivity contribution is -0.200. The molecule has 2 N–H and O–H groups in total. The Labute approximate surface area is 182 Å². The zero-order chi connectivity index (χ0) is 22.1. The number of nitriles is 1. The molecule has 1 aliphatic heterocycles. The minimum absolute atomic E-state index is 0.0241. The molecule has 1 heterocycles. The Morgan fingerprint density at radius 3 is 2.55 bits per heavy atom. The lowest BCUT2D eigenvalue weighted by Crippen LogP contribution is -2.68. The first-order valence-corrected chi connectivity index (χ1v) is 11.4. The van der Waals surface area contributed by atoms with Gasteiger partial charge in [0.15, 0.2) is 0 Å². The van der Waals surface area contributed by atoms with Crippen molar-refractivity contribution in [2.24, 2.45) is 11.8 Å². The van der Waals surface area contributed by atoms with Gasteiger partial charge in [-0.1, -0.05) is 0 Å². The molecule has 0 aromatic carbocycles. The zero-order valence-corrected chi connectivity index (χ0v) is 18.0. The molecule has 0 spiro atoms. The molecule has 31 heavy (non-hydrogen) atoms. The van der Waals surface area contributed by atoms with Crippen molar-refractivity contribution in [2.45, 2.75) is 68.5 Å². The Hall–Kier alpha value is -1.89. The van der Waals surface area contributed by atoms with Crippen LogP contribution in [0.5, 0.6) is 0 Å². The molecular weight excluding hydrogens is 402 g/mol. The maximum Gasteiger partial charge on any atom is 0.408 e. The molecule has 5 rings (SSSR count). The second kappa shape index (κ2) is 8.93. The number of hydrogen-bond acceptors (Lipinski definition) is 6. The predicted molar refractivity (Wildman–Crippen MR) is 109 cm³/mol. The molecular formula is C22H33N3O6. The normalized spacial score (nSPS) is 35.9. The van der Waals surface area contributed by atoms with E-state index in [9.17, 15) is 20.0 Å². The number of carbonyl (C=O) groups is 2. The summed E-state index contributed by atoms with van der Waals surface area (Å²) in [4.78, 5) is 28.3. The molecule has 9 nitrogen and oxygen atoms in total. The standard InChI is InChI=1S/C22H33N3O6/c23-13-18-2-1-3-24(18)19(27)14-25(20(28)29)21-9-16-8-17(10-21)12-22(11-16,15-21)31-7-6-30-5-4-26/h16-18,26H,1-12,14-15H2,(H,28,29)/t16-,17?,18?,21?,22?/m0/s1.